The van der Waals surface area contributed by atoms with Gasteiger partial charge in [-0.05, 0) is 126 Å². The number of nitrogens with zero attached hydrogens (tertiary/aromatic N) is 8. The molecular weight excluding hydrogens is 684 g/mol. The van der Waals surface area contributed by atoms with Crippen molar-refractivity contribution in [3.05, 3.63) is 80.7 Å². The van der Waals surface area contributed by atoms with Gasteiger partial charge in [-0.25, -0.2) is 0 Å². The molecule has 6 rings (SSSR count). The SMILES string of the molecule is Cc1cc(/N=N/c2ccc(N3CCCC3)s2)ccc1/N=N/c1ccc(/N=N/c2snc3c(Br)cc(Br)cc23)c(C)c1. The second-order valence-electron chi connectivity index (χ2n) is 9.62. The van der Waals surface area contributed by atoms with Gasteiger partial charge in [-0.2, -0.15) is 14.6 Å². The highest BCUT2D eigenvalue weighted by molar-refractivity contribution is 9.11. The van der Waals surface area contributed by atoms with Crippen LogP contribution in [0.15, 0.2) is 100 Å². The quantitative estimate of drug-likeness (QED) is 0.158. The lowest BCUT2D eigenvalue weighted by Gasteiger charge is -2.13. The number of benzene rings is 3. The number of anilines is 1. The molecule has 1 fully saturated rings. The fourth-order valence-corrected chi connectivity index (χ4v) is 7.47. The summed E-state index contributed by atoms with van der Waals surface area (Å²) in [6.07, 6.45) is 2.52. The average molecular weight is 709 g/mol. The van der Waals surface area contributed by atoms with E-state index in [1.165, 1.54) is 29.4 Å². The van der Waals surface area contributed by atoms with Crippen LogP contribution in [-0.4, -0.2) is 17.5 Å². The molecule has 0 aliphatic carbocycles. The second-order valence-corrected chi connectivity index (χ2v) is 13.2. The van der Waals surface area contributed by atoms with Crippen LogP contribution in [0.4, 0.5) is 37.8 Å². The number of rotatable bonds is 7. The summed E-state index contributed by atoms with van der Waals surface area (Å²) in [6.45, 7) is 6.24. The first-order valence-electron chi connectivity index (χ1n) is 13.0. The fraction of sp³-hybridized carbons (Fsp3) is 0.207. The largest absolute Gasteiger partial charge is 0.363 e. The van der Waals surface area contributed by atoms with Gasteiger partial charge >= 0.3 is 0 Å². The lowest BCUT2D eigenvalue weighted by molar-refractivity contribution is 0.949. The number of thiophene rings is 1. The molecule has 3 aromatic carbocycles. The Balaban J connectivity index is 1.12. The Labute approximate surface area is 262 Å². The molecule has 41 heavy (non-hydrogen) atoms. The summed E-state index contributed by atoms with van der Waals surface area (Å²) < 4.78 is 6.37. The molecule has 0 N–H and O–H groups in total. The molecule has 1 aliphatic rings. The summed E-state index contributed by atoms with van der Waals surface area (Å²) >= 11 is 10.1. The van der Waals surface area contributed by atoms with E-state index in [-0.39, 0.29) is 0 Å². The molecule has 0 radical (unpaired) electrons. The summed E-state index contributed by atoms with van der Waals surface area (Å²) in [4.78, 5) is 2.41. The van der Waals surface area contributed by atoms with Gasteiger partial charge in [0.05, 0.1) is 27.8 Å². The highest BCUT2D eigenvalue weighted by atomic mass is 79.9. The lowest BCUT2D eigenvalue weighted by Crippen LogP contribution is -2.15. The second kappa shape index (κ2) is 12.4. The highest BCUT2D eigenvalue weighted by Gasteiger charge is 2.14. The van der Waals surface area contributed by atoms with Crippen molar-refractivity contribution in [2.24, 2.45) is 30.7 Å². The zero-order chi connectivity index (χ0) is 28.3. The zero-order valence-corrected chi connectivity index (χ0v) is 27.1. The van der Waals surface area contributed by atoms with Crippen molar-refractivity contribution >= 4 is 103 Å². The Morgan fingerprint density at radius 2 is 1.39 bits per heavy atom. The van der Waals surface area contributed by atoms with Crippen molar-refractivity contribution in [1.29, 1.82) is 0 Å². The number of hydrogen-bond acceptors (Lipinski definition) is 10. The molecule has 1 aliphatic heterocycles. The number of aromatic nitrogens is 1. The van der Waals surface area contributed by atoms with Gasteiger partial charge in [0.1, 0.15) is 10.5 Å². The molecule has 8 nitrogen and oxygen atoms in total. The summed E-state index contributed by atoms with van der Waals surface area (Å²) in [5.74, 6) is 0. The molecule has 0 saturated carbocycles. The van der Waals surface area contributed by atoms with E-state index in [4.69, 9.17) is 0 Å². The third-order valence-corrected chi connectivity index (χ3v) is 9.46. The minimum absolute atomic E-state index is 0.743. The van der Waals surface area contributed by atoms with E-state index in [9.17, 15) is 0 Å². The van der Waals surface area contributed by atoms with Crippen LogP contribution in [0, 0.1) is 13.8 Å². The van der Waals surface area contributed by atoms with Gasteiger partial charge in [0.15, 0.2) is 5.00 Å². The molecule has 3 heterocycles. The molecule has 206 valence electrons. The molecule has 12 heteroatoms. The van der Waals surface area contributed by atoms with Crippen LogP contribution in [0.1, 0.15) is 24.0 Å². The topological polar surface area (TPSA) is 90.3 Å². The number of azo groups is 3. The van der Waals surface area contributed by atoms with E-state index in [1.54, 1.807) is 11.3 Å². The fourth-order valence-electron chi connectivity index (χ4n) is 4.46. The zero-order valence-electron chi connectivity index (χ0n) is 22.3. The van der Waals surface area contributed by atoms with Crippen LogP contribution >= 0.6 is 54.7 Å². The molecular formula is C29H24Br2N8S2. The van der Waals surface area contributed by atoms with Gasteiger partial charge in [0.25, 0.3) is 0 Å². The number of aryl methyl sites for hydroxylation is 2. The van der Waals surface area contributed by atoms with Crippen molar-refractivity contribution in [3.8, 4) is 0 Å². The van der Waals surface area contributed by atoms with Gasteiger partial charge in [0.2, 0.25) is 0 Å². The van der Waals surface area contributed by atoms with Gasteiger partial charge in [-0.15, -0.1) is 20.5 Å². The molecule has 0 unspecified atom stereocenters. The molecule has 5 aromatic rings. The van der Waals surface area contributed by atoms with Crippen molar-refractivity contribution < 1.29 is 0 Å². The van der Waals surface area contributed by atoms with Crippen molar-refractivity contribution in [1.82, 2.24) is 4.37 Å². The Hall–Kier alpha value is -3.19. The smallest absolute Gasteiger partial charge is 0.166 e. The van der Waals surface area contributed by atoms with Crippen LogP contribution in [0.2, 0.25) is 0 Å². The number of fused-ring (bicyclic) bond motifs is 1. The molecule has 1 saturated heterocycles. The van der Waals surface area contributed by atoms with E-state index in [0.717, 1.165) is 76.8 Å². The standard InChI is InChI=1S/C29H24Br2N8S2/c1-17-14-21(33-36-26-9-10-27(40-26)39-11-3-4-12-39)6-7-24(17)34-32-20-5-8-25(18(2)13-20)35-37-29-22-15-19(30)16-23(31)28(22)38-41-29/h5-10,13-16H,3-4,11-12H2,1-2H3/b34-32+,36-33+,37-35+. The number of hydrogen-bond donors (Lipinski definition) is 0. The lowest BCUT2D eigenvalue weighted by atomic mass is 10.2. The first-order chi connectivity index (χ1) is 19.9. The molecule has 0 spiro atoms. The van der Waals surface area contributed by atoms with Crippen molar-refractivity contribution in [2.75, 3.05) is 18.0 Å². The average Bonchev–Trinajstić information content (AvgIpc) is 3.72. The Bertz CT molecular complexity index is 1820. The summed E-state index contributed by atoms with van der Waals surface area (Å²) in [6, 6.07) is 19.7. The maximum atomic E-state index is 4.49. The van der Waals surface area contributed by atoms with E-state index in [0.29, 0.717) is 0 Å². The van der Waals surface area contributed by atoms with E-state index < -0.39 is 0 Å². The predicted octanol–water partition coefficient (Wildman–Crippen LogP) is 12.3. The van der Waals surface area contributed by atoms with Crippen LogP contribution < -0.4 is 4.90 Å². The monoisotopic (exact) mass is 706 g/mol. The summed E-state index contributed by atoms with van der Waals surface area (Å²) in [7, 11) is 0. The summed E-state index contributed by atoms with van der Waals surface area (Å²) in [5, 5.41) is 30.6. The highest BCUT2D eigenvalue weighted by Crippen LogP contribution is 2.39. The van der Waals surface area contributed by atoms with Crippen LogP contribution in [0.3, 0.4) is 0 Å². The first-order valence-corrected chi connectivity index (χ1v) is 16.2. The third kappa shape index (κ3) is 6.50. The van der Waals surface area contributed by atoms with Crippen molar-refractivity contribution in [2.45, 2.75) is 26.7 Å². The Morgan fingerprint density at radius 3 is 2.07 bits per heavy atom. The normalized spacial score (nSPS) is 14.1. The molecule has 2 aromatic heterocycles. The molecule has 0 amide bonds. The van der Waals surface area contributed by atoms with Crippen LogP contribution in [-0.2, 0) is 0 Å². The van der Waals surface area contributed by atoms with Crippen LogP contribution in [0.25, 0.3) is 10.9 Å². The van der Waals surface area contributed by atoms with E-state index >= 15 is 0 Å². The maximum absolute atomic E-state index is 4.49. The minimum atomic E-state index is 0.743. The first kappa shape index (κ1) is 28.0. The Kier molecular flexibility index (Phi) is 8.42. The van der Waals surface area contributed by atoms with Gasteiger partial charge in [-0.1, -0.05) is 27.3 Å². The summed E-state index contributed by atoms with van der Waals surface area (Å²) in [5.41, 5.74) is 5.89. The van der Waals surface area contributed by atoms with E-state index in [2.05, 4.69) is 77.9 Å². The van der Waals surface area contributed by atoms with E-state index in [1.807, 2.05) is 68.4 Å². The molecule has 0 atom stereocenters. The van der Waals surface area contributed by atoms with Gasteiger partial charge in [0, 0.05) is 27.4 Å². The van der Waals surface area contributed by atoms with Gasteiger partial charge in [-0.3, -0.25) is 0 Å². The molecule has 0 bridgehead atoms. The third-order valence-electron chi connectivity index (χ3n) is 6.62. The minimum Gasteiger partial charge on any atom is -0.363 e. The van der Waals surface area contributed by atoms with Crippen molar-refractivity contribution in [3.63, 3.8) is 0 Å². The van der Waals surface area contributed by atoms with Crippen LogP contribution in [0.5, 0.6) is 0 Å². The predicted molar refractivity (Wildman–Crippen MR) is 176 cm³/mol. The maximum Gasteiger partial charge on any atom is 0.166 e. The van der Waals surface area contributed by atoms with Gasteiger partial charge < -0.3 is 4.90 Å². The number of halogens is 2. The Morgan fingerprint density at radius 1 is 0.732 bits per heavy atom.